The number of alkyl carbamates (subject to hydrolysis) is 1. The van der Waals surface area contributed by atoms with Crippen molar-refractivity contribution in [1.82, 2.24) is 24.8 Å². The average molecular weight is 620 g/mol. The molecule has 0 aliphatic carbocycles. The van der Waals surface area contributed by atoms with E-state index in [2.05, 4.69) is 45.2 Å². The summed E-state index contributed by atoms with van der Waals surface area (Å²) >= 11 is 6.25. The number of ether oxygens (including phenoxy) is 2. The molecule has 1 N–H and O–H groups in total. The van der Waals surface area contributed by atoms with Crippen LogP contribution >= 0.6 is 11.6 Å². The molecule has 1 unspecified atom stereocenters. The first-order valence-electron chi connectivity index (χ1n) is 15.4. The number of nitrogens with one attached hydrogen (secondary N) is 1. The lowest BCUT2D eigenvalue weighted by Crippen LogP contribution is -2.46. The molecule has 1 aliphatic heterocycles. The van der Waals surface area contributed by atoms with E-state index < -0.39 is 17.7 Å². The number of halogens is 1. The van der Waals surface area contributed by atoms with Crippen molar-refractivity contribution >= 4 is 45.5 Å². The Morgan fingerprint density at radius 1 is 1.09 bits per heavy atom. The molecule has 2 aromatic heterocycles. The van der Waals surface area contributed by atoms with Gasteiger partial charge < -0.3 is 24.3 Å². The van der Waals surface area contributed by atoms with Gasteiger partial charge in [-0.05, 0) is 74.9 Å². The Kier molecular flexibility index (Phi) is 10.1. The smallest absolute Gasteiger partial charge is 0.407 e. The molecule has 9 nitrogen and oxygen atoms in total. The summed E-state index contributed by atoms with van der Waals surface area (Å²) in [5.41, 5.74) is 1.95. The summed E-state index contributed by atoms with van der Waals surface area (Å²) in [6.45, 7) is 8.03. The maximum absolute atomic E-state index is 13.8. The van der Waals surface area contributed by atoms with Crippen molar-refractivity contribution in [3.05, 3.63) is 71.1 Å². The minimum Gasteiger partial charge on any atom is -0.444 e. The second kappa shape index (κ2) is 13.9. The number of rotatable bonds is 10. The van der Waals surface area contributed by atoms with Gasteiger partial charge in [0.15, 0.2) is 5.65 Å². The van der Waals surface area contributed by atoms with Gasteiger partial charge in [-0.2, -0.15) is 0 Å². The van der Waals surface area contributed by atoms with E-state index in [1.54, 1.807) is 13.2 Å². The summed E-state index contributed by atoms with van der Waals surface area (Å²) in [6, 6.07) is 17.6. The zero-order chi connectivity index (χ0) is 31.3. The van der Waals surface area contributed by atoms with Crippen molar-refractivity contribution in [3.8, 4) is 0 Å². The molecule has 234 valence electrons. The number of amides is 2. The number of benzene rings is 2. The van der Waals surface area contributed by atoms with E-state index in [1.165, 1.54) is 0 Å². The molecule has 10 heteroatoms. The maximum atomic E-state index is 13.8. The van der Waals surface area contributed by atoms with Crippen LogP contribution in [-0.4, -0.2) is 69.9 Å². The van der Waals surface area contributed by atoms with Gasteiger partial charge in [0.25, 0.3) is 0 Å². The van der Waals surface area contributed by atoms with Crippen molar-refractivity contribution in [2.45, 2.75) is 77.0 Å². The summed E-state index contributed by atoms with van der Waals surface area (Å²) in [5.74, 6) is 0.976. The third-order valence-electron chi connectivity index (χ3n) is 7.90. The summed E-state index contributed by atoms with van der Waals surface area (Å²) < 4.78 is 13.0. The lowest BCUT2D eigenvalue weighted by atomic mass is 9.95. The highest BCUT2D eigenvalue weighted by atomic mass is 35.5. The summed E-state index contributed by atoms with van der Waals surface area (Å²) in [5, 5.41) is 5.68. The van der Waals surface area contributed by atoms with E-state index in [1.807, 2.05) is 43.9 Å². The number of fused-ring (bicyclic) bond motifs is 2. The Morgan fingerprint density at radius 2 is 1.89 bits per heavy atom. The molecule has 1 saturated heterocycles. The lowest BCUT2D eigenvalue weighted by molar-refractivity contribution is -0.132. The van der Waals surface area contributed by atoms with Crippen molar-refractivity contribution in [2.24, 2.45) is 0 Å². The Hall–Kier alpha value is -3.69. The fourth-order valence-electron chi connectivity index (χ4n) is 5.95. The van der Waals surface area contributed by atoms with Crippen LogP contribution in [0.2, 0.25) is 5.15 Å². The van der Waals surface area contributed by atoms with Crippen LogP contribution in [0, 0.1) is 0 Å². The van der Waals surface area contributed by atoms with Gasteiger partial charge in [-0.3, -0.25) is 4.79 Å². The Morgan fingerprint density at radius 3 is 2.66 bits per heavy atom. The van der Waals surface area contributed by atoms with Crippen LogP contribution in [0.1, 0.15) is 63.8 Å². The third-order valence-corrected chi connectivity index (χ3v) is 8.11. The number of carbonyl (C=O) groups excluding carboxylic acids is 2. The number of piperidine rings is 1. The molecule has 0 saturated carbocycles. The number of imidazole rings is 1. The highest BCUT2D eigenvalue weighted by Gasteiger charge is 2.31. The maximum Gasteiger partial charge on any atom is 0.407 e. The highest BCUT2D eigenvalue weighted by Crippen LogP contribution is 2.30. The molecular formula is C34H42ClN5O4. The predicted octanol–water partition coefficient (Wildman–Crippen LogP) is 6.51. The monoisotopic (exact) mass is 619 g/mol. The van der Waals surface area contributed by atoms with E-state index in [9.17, 15) is 9.59 Å². The number of carbonyl (C=O) groups is 2. The largest absolute Gasteiger partial charge is 0.444 e. The van der Waals surface area contributed by atoms with Crippen molar-refractivity contribution in [1.29, 1.82) is 0 Å². The predicted molar refractivity (Wildman–Crippen MR) is 173 cm³/mol. The molecule has 2 atom stereocenters. The number of pyridine rings is 1. The average Bonchev–Trinajstić information content (AvgIpc) is 3.33. The van der Waals surface area contributed by atoms with Gasteiger partial charge in [0.1, 0.15) is 22.1 Å². The zero-order valence-corrected chi connectivity index (χ0v) is 26.8. The second-order valence-electron chi connectivity index (χ2n) is 12.6. The summed E-state index contributed by atoms with van der Waals surface area (Å²) in [4.78, 5) is 38.1. The van der Waals surface area contributed by atoms with Crippen LogP contribution in [-0.2, 0) is 27.2 Å². The molecule has 3 heterocycles. The number of hydrogen-bond acceptors (Lipinski definition) is 6. The number of hydrogen-bond donors (Lipinski definition) is 1. The van der Waals surface area contributed by atoms with E-state index in [0.717, 1.165) is 52.6 Å². The van der Waals surface area contributed by atoms with Crippen LogP contribution in [0.15, 0.2) is 54.6 Å². The van der Waals surface area contributed by atoms with Crippen molar-refractivity contribution < 1.29 is 19.1 Å². The topological polar surface area (TPSA) is 98.6 Å². The van der Waals surface area contributed by atoms with Gasteiger partial charge in [0.05, 0.1) is 0 Å². The van der Waals surface area contributed by atoms with E-state index in [-0.39, 0.29) is 18.2 Å². The van der Waals surface area contributed by atoms with Gasteiger partial charge >= 0.3 is 6.09 Å². The zero-order valence-electron chi connectivity index (χ0n) is 26.0. The van der Waals surface area contributed by atoms with Gasteiger partial charge in [-0.25, -0.2) is 14.8 Å². The first-order valence-corrected chi connectivity index (χ1v) is 15.7. The molecule has 2 amide bonds. The molecule has 0 bridgehead atoms. The van der Waals surface area contributed by atoms with Crippen LogP contribution in [0.5, 0.6) is 0 Å². The van der Waals surface area contributed by atoms with E-state index in [0.29, 0.717) is 37.8 Å². The summed E-state index contributed by atoms with van der Waals surface area (Å²) in [7, 11) is 1.69. The Bertz CT molecular complexity index is 1610. The quantitative estimate of drug-likeness (QED) is 0.161. The molecule has 1 fully saturated rings. The van der Waals surface area contributed by atoms with E-state index >= 15 is 0 Å². The fraction of sp³-hybridized carbons (Fsp3) is 0.471. The van der Waals surface area contributed by atoms with Crippen LogP contribution in [0.25, 0.3) is 21.9 Å². The molecule has 1 aliphatic rings. The molecule has 0 radical (unpaired) electrons. The molecule has 4 aromatic rings. The fourth-order valence-corrected chi connectivity index (χ4v) is 6.09. The lowest BCUT2D eigenvalue weighted by Gasteiger charge is -2.34. The van der Waals surface area contributed by atoms with Gasteiger partial charge in [0, 0.05) is 51.7 Å². The minimum atomic E-state index is -0.643. The number of likely N-dealkylation sites (tertiary alicyclic amines) is 1. The second-order valence-corrected chi connectivity index (χ2v) is 12.9. The number of methoxy groups -OCH3 is 1. The molecule has 0 spiro atoms. The van der Waals surface area contributed by atoms with Gasteiger partial charge in [-0.1, -0.05) is 54.1 Å². The number of aryl methyl sites for hydroxylation is 1. The highest BCUT2D eigenvalue weighted by molar-refractivity contribution is 6.29. The third kappa shape index (κ3) is 8.07. The van der Waals surface area contributed by atoms with Gasteiger partial charge in [0.2, 0.25) is 5.91 Å². The SMILES string of the molecule is COCCCn1c(C2CCCN(C(=O)C[C@@H](Cc3ccc4ccccc4c3)NC(=O)OC(C)(C)C)C2)nc2ccc(Cl)nc21. The first-order chi connectivity index (χ1) is 21.1. The van der Waals surface area contributed by atoms with Crippen LogP contribution in [0.4, 0.5) is 4.79 Å². The molecule has 5 rings (SSSR count). The van der Waals surface area contributed by atoms with Crippen molar-refractivity contribution in [3.63, 3.8) is 0 Å². The van der Waals surface area contributed by atoms with Crippen LogP contribution < -0.4 is 5.32 Å². The van der Waals surface area contributed by atoms with Crippen LogP contribution in [0.3, 0.4) is 0 Å². The number of aromatic nitrogens is 3. The first kappa shape index (κ1) is 31.7. The molecular weight excluding hydrogens is 578 g/mol. The van der Waals surface area contributed by atoms with Crippen molar-refractivity contribution in [2.75, 3.05) is 26.8 Å². The standard InChI is InChI=1S/C34H42ClN5O4/c1-34(2,3)44-33(42)36-27(20-23-12-13-24-9-5-6-10-25(24)19-23)21-30(41)39-16-7-11-26(22-39)31-37-28-14-15-29(35)38-32(28)40(31)17-8-18-43-4/h5-6,9-10,12-15,19,26-27H,7-8,11,16-18,20-22H2,1-4H3,(H,36,42)/t26?,27-/m1/s1. The van der Waals surface area contributed by atoms with Gasteiger partial charge in [-0.15, -0.1) is 0 Å². The normalized spacial score (nSPS) is 16.3. The van der Waals surface area contributed by atoms with E-state index in [4.69, 9.17) is 26.1 Å². The molecule has 44 heavy (non-hydrogen) atoms. The Labute approximate surface area is 263 Å². The number of nitrogens with zero attached hydrogens (tertiary/aromatic N) is 4. The minimum absolute atomic E-state index is 0.000221. The molecule has 2 aromatic carbocycles. The Balaban J connectivity index is 1.34. The summed E-state index contributed by atoms with van der Waals surface area (Å²) in [6.07, 6.45) is 2.74.